The summed E-state index contributed by atoms with van der Waals surface area (Å²) in [5.41, 5.74) is 0.956. The number of hydrogen-bond donors (Lipinski definition) is 2. The molecule has 182 valence electrons. The van der Waals surface area contributed by atoms with Crippen molar-refractivity contribution in [2.75, 3.05) is 44.6 Å². The van der Waals surface area contributed by atoms with Crippen LogP contribution >= 0.6 is 0 Å². The number of amides is 3. The first-order valence-corrected chi connectivity index (χ1v) is 12.6. The van der Waals surface area contributed by atoms with E-state index in [1.54, 1.807) is 17.3 Å². The van der Waals surface area contributed by atoms with Gasteiger partial charge in [0.1, 0.15) is 6.04 Å². The molecule has 8 heteroatoms. The summed E-state index contributed by atoms with van der Waals surface area (Å²) in [6.45, 7) is 6.45. The zero-order valence-electron chi connectivity index (χ0n) is 19.9. The molecule has 5 rings (SSSR count). The fourth-order valence-electron chi connectivity index (χ4n) is 5.45. The second-order valence-corrected chi connectivity index (χ2v) is 10.2. The number of aromatic nitrogens is 1. The number of urea groups is 1. The van der Waals surface area contributed by atoms with Crippen LogP contribution in [0.2, 0.25) is 0 Å². The highest BCUT2D eigenvalue weighted by atomic mass is 16.3. The largest absolute Gasteiger partial charge is 0.391 e. The summed E-state index contributed by atoms with van der Waals surface area (Å²) in [7, 11) is 0. The number of carbonyl (C=O) groups is 2. The third-order valence-electron chi connectivity index (χ3n) is 8.01. The van der Waals surface area contributed by atoms with Crippen molar-refractivity contribution in [1.29, 1.82) is 0 Å². The number of likely N-dealkylation sites (tertiary alicyclic amines) is 1. The van der Waals surface area contributed by atoms with Crippen LogP contribution in [0.3, 0.4) is 0 Å². The van der Waals surface area contributed by atoms with E-state index in [1.165, 1.54) is 12.8 Å². The molecular weight excluding hydrogens is 430 g/mol. The van der Waals surface area contributed by atoms with Crippen LogP contribution in [0.1, 0.15) is 39.0 Å². The Labute approximate surface area is 200 Å². The van der Waals surface area contributed by atoms with E-state index >= 15 is 0 Å². The molecule has 1 aromatic heterocycles. The van der Waals surface area contributed by atoms with Gasteiger partial charge in [-0.25, -0.2) is 4.79 Å². The molecule has 2 N–H and O–H groups in total. The lowest BCUT2D eigenvalue weighted by Crippen LogP contribution is -2.58. The molecule has 34 heavy (non-hydrogen) atoms. The Morgan fingerprint density at radius 1 is 1.12 bits per heavy atom. The fraction of sp³-hybridized carbons (Fsp3) is 0.577. The number of unbranched alkanes of at least 4 members (excludes halogenated alkanes) is 1. The van der Waals surface area contributed by atoms with Crippen molar-refractivity contribution in [2.24, 2.45) is 5.41 Å². The van der Waals surface area contributed by atoms with Crippen molar-refractivity contribution in [1.82, 2.24) is 19.7 Å². The van der Waals surface area contributed by atoms with E-state index in [4.69, 9.17) is 0 Å². The van der Waals surface area contributed by atoms with Crippen molar-refractivity contribution in [3.05, 3.63) is 36.7 Å². The zero-order chi connectivity index (χ0) is 23.7. The van der Waals surface area contributed by atoms with E-state index in [9.17, 15) is 14.7 Å². The number of anilines is 1. The second kappa shape index (κ2) is 9.50. The quantitative estimate of drug-likeness (QED) is 0.641. The number of hydrogen-bond acceptors (Lipinski definition) is 5. The summed E-state index contributed by atoms with van der Waals surface area (Å²) in [5, 5.41) is 15.3. The molecule has 2 saturated heterocycles. The number of pyridine rings is 1. The highest BCUT2D eigenvalue weighted by Crippen LogP contribution is 2.53. The lowest BCUT2D eigenvalue weighted by Gasteiger charge is -2.39. The van der Waals surface area contributed by atoms with Gasteiger partial charge < -0.3 is 25.1 Å². The summed E-state index contributed by atoms with van der Waals surface area (Å²) < 4.78 is 0. The number of aliphatic hydroxyl groups excluding tert-OH is 1. The van der Waals surface area contributed by atoms with E-state index in [0.29, 0.717) is 18.8 Å². The van der Waals surface area contributed by atoms with Gasteiger partial charge in [0, 0.05) is 49.6 Å². The molecule has 3 aliphatic rings. The number of carbonyl (C=O) groups excluding carboxylic acids is 2. The SMILES string of the molecule is C[C@H]1C(=O)N(CCCCN2CCC3(CC3)[C@H](O)C2)CCN1C(=O)Nc1ccc2cnccc2c1. The number of piperazine rings is 1. The number of piperidine rings is 1. The number of β-amino-alcohol motifs (C(OH)–C–C–N with tert-alkyl or cyclic N) is 1. The summed E-state index contributed by atoms with van der Waals surface area (Å²) in [6.07, 6.45) is 8.79. The highest BCUT2D eigenvalue weighted by Gasteiger charge is 2.51. The summed E-state index contributed by atoms with van der Waals surface area (Å²) in [4.78, 5) is 35.8. The summed E-state index contributed by atoms with van der Waals surface area (Å²) in [6, 6.07) is 6.89. The molecule has 3 fully saturated rings. The first kappa shape index (κ1) is 23.1. The predicted molar refractivity (Wildman–Crippen MR) is 131 cm³/mol. The van der Waals surface area contributed by atoms with E-state index in [0.717, 1.165) is 56.2 Å². The van der Waals surface area contributed by atoms with E-state index in [1.807, 2.05) is 36.1 Å². The van der Waals surface area contributed by atoms with Crippen molar-refractivity contribution < 1.29 is 14.7 Å². The number of fused-ring (bicyclic) bond motifs is 1. The molecule has 0 bridgehead atoms. The minimum Gasteiger partial charge on any atom is -0.391 e. The monoisotopic (exact) mass is 465 g/mol. The van der Waals surface area contributed by atoms with Gasteiger partial charge in [0.2, 0.25) is 5.91 Å². The van der Waals surface area contributed by atoms with E-state index in [-0.39, 0.29) is 23.5 Å². The van der Waals surface area contributed by atoms with Crippen LogP contribution < -0.4 is 5.32 Å². The normalized spacial score (nSPS) is 24.6. The average molecular weight is 466 g/mol. The Hall–Kier alpha value is -2.71. The Kier molecular flexibility index (Phi) is 6.44. The Morgan fingerprint density at radius 2 is 1.94 bits per heavy atom. The maximum Gasteiger partial charge on any atom is 0.322 e. The molecule has 3 heterocycles. The van der Waals surface area contributed by atoms with Crippen molar-refractivity contribution in [3.8, 4) is 0 Å². The number of rotatable bonds is 6. The van der Waals surface area contributed by atoms with Crippen LogP contribution in [0, 0.1) is 5.41 Å². The summed E-state index contributed by atoms with van der Waals surface area (Å²) >= 11 is 0. The number of nitrogens with one attached hydrogen (secondary N) is 1. The van der Waals surface area contributed by atoms with E-state index < -0.39 is 6.04 Å². The lowest BCUT2D eigenvalue weighted by molar-refractivity contribution is -0.139. The van der Waals surface area contributed by atoms with Gasteiger partial charge in [-0.2, -0.15) is 0 Å². The van der Waals surface area contributed by atoms with E-state index in [2.05, 4.69) is 15.2 Å². The molecule has 1 saturated carbocycles. The second-order valence-electron chi connectivity index (χ2n) is 10.2. The molecule has 1 aliphatic carbocycles. The van der Waals surface area contributed by atoms with Gasteiger partial charge >= 0.3 is 6.03 Å². The maximum absolute atomic E-state index is 12.9. The van der Waals surface area contributed by atoms with Crippen molar-refractivity contribution in [3.63, 3.8) is 0 Å². The molecule has 0 unspecified atom stereocenters. The highest BCUT2D eigenvalue weighted by molar-refractivity contribution is 5.96. The Morgan fingerprint density at radius 3 is 2.74 bits per heavy atom. The van der Waals surface area contributed by atoms with Crippen LogP contribution in [-0.4, -0.2) is 88.1 Å². The first-order valence-electron chi connectivity index (χ1n) is 12.6. The molecule has 2 aliphatic heterocycles. The minimum absolute atomic E-state index is 0.00931. The van der Waals surface area contributed by atoms with Gasteiger partial charge in [0.25, 0.3) is 0 Å². The maximum atomic E-state index is 12.9. The number of benzene rings is 1. The number of nitrogens with zero attached hydrogens (tertiary/aromatic N) is 4. The van der Waals surface area contributed by atoms with Crippen LogP contribution in [0.5, 0.6) is 0 Å². The molecule has 1 aromatic carbocycles. The van der Waals surface area contributed by atoms with Gasteiger partial charge in [0.05, 0.1) is 6.10 Å². The molecule has 3 amide bonds. The molecule has 1 spiro atoms. The molecule has 2 atom stereocenters. The Balaban J connectivity index is 1.07. The predicted octanol–water partition coefficient (Wildman–Crippen LogP) is 2.93. The first-order chi connectivity index (χ1) is 16.4. The standard InChI is InChI=1S/C26H35N5O3/c1-19-24(33)30(12-3-2-11-29-13-9-26(7-8-26)23(32)18-29)14-15-31(19)25(34)28-22-5-4-21-17-27-10-6-20(21)16-22/h4-6,10,16-17,19,23,32H,2-3,7-9,11-15,18H2,1H3,(H,28,34)/t19-,23+/m0/s1. The molecule has 0 radical (unpaired) electrons. The zero-order valence-corrected chi connectivity index (χ0v) is 19.9. The van der Waals surface area contributed by atoms with Gasteiger partial charge in [-0.1, -0.05) is 6.07 Å². The average Bonchev–Trinajstić information content (AvgIpc) is 3.62. The minimum atomic E-state index is -0.481. The van der Waals surface area contributed by atoms with Gasteiger partial charge in [-0.15, -0.1) is 0 Å². The molecule has 2 aromatic rings. The van der Waals surface area contributed by atoms with Crippen molar-refractivity contribution >= 4 is 28.4 Å². The van der Waals surface area contributed by atoms with Crippen molar-refractivity contribution in [2.45, 2.75) is 51.2 Å². The van der Waals surface area contributed by atoms with Crippen LogP contribution in [0.25, 0.3) is 10.8 Å². The molecular formula is C26H35N5O3. The topological polar surface area (TPSA) is 89.0 Å². The number of aliphatic hydroxyl groups is 1. The van der Waals surface area contributed by atoms with Gasteiger partial charge in [-0.05, 0) is 81.1 Å². The fourth-order valence-corrected chi connectivity index (χ4v) is 5.45. The lowest BCUT2D eigenvalue weighted by atomic mass is 9.90. The smallest absolute Gasteiger partial charge is 0.322 e. The third-order valence-corrected chi connectivity index (χ3v) is 8.01. The van der Waals surface area contributed by atoms with Crippen LogP contribution in [0.4, 0.5) is 10.5 Å². The van der Waals surface area contributed by atoms with Gasteiger partial charge in [-0.3, -0.25) is 9.78 Å². The Bertz CT molecular complexity index is 1060. The van der Waals surface area contributed by atoms with Gasteiger partial charge in [0.15, 0.2) is 0 Å². The van der Waals surface area contributed by atoms with Crippen LogP contribution in [-0.2, 0) is 4.79 Å². The summed E-state index contributed by atoms with van der Waals surface area (Å²) in [5.74, 6) is 0.00931. The third kappa shape index (κ3) is 4.74. The molecule has 8 nitrogen and oxygen atoms in total. The van der Waals surface area contributed by atoms with Crippen LogP contribution in [0.15, 0.2) is 36.7 Å².